The number of nitrogens with zero attached hydrogens (tertiary/aromatic N) is 1. The minimum Gasteiger partial charge on any atom is -0.466 e. The van der Waals surface area contributed by atoms with Gasteiger partial charge < -0.3 is 14.0 Å². The fourth-order valence-corrected chi connectivity index (χ4v) is 3.46. The quantitative estimate of drug-likeness (QED) is 0.196. The number of hydroxylamine groups is 2. The molecule has 0 aliphatic heterocycles. The summed E-state index contributed by atoms with van der Waals surface area (Å²) in [6, 6.07) is 6.35. The molecule has 1 atom stereocenters. The van der Waals surface area contributed by atoms with Gasteiger partial charge in [-0.3, -0.25) is 0 Å². The average molecular weight is 501 g/mol. The van der Waals surface area contributed by atoms with Crippen molar-refractivity contribution in [2.45, 2.75) is 71.3 Å². The third-order valence-corrected chi connectivity index (χ3v) is 9.70. The molecule has 1 rings (SSSR count). The van der Waals surface area contributed by atoms with E-state index in [0.29, 0.717) is 5.56 Å². The van der Waals surface area contributed by atoms with Gasteiger partial charge in [-0.15, -0.1) is 0 Å². The van der Waals surface area contributed by atoms with Crippen LogP contribution < -0.4 is 0 Å². The highest BCUT2D eigenvalue weighted by Crippen LogP contribution is 2.40. The van der Waals surface area contributed by atoms with Gasteiger partial charge in [-0.25, -0.2) is 9.59 Å². The van der Waals surface area contributed by atoms with Crippen LogP contribution in [0.4, 0.5) is 4.79 Å². The van der Waals surface area contributed by atoms with E-state index < -0.39 is 32.0 Å². The molecule has 8 heteroatoms. The first kappa shape index (κ1) is 26.4. The Bertz CT molecular complexity index is 778. The number of rotatable bonds is 6. The normalized spacial score (nSPS) is 13.4. The van der Waals surface area contributed by atoms with Gasteiger partial charge in [0.25, 0.3) is 0 Å². The molecule has 0 spiro atoms. The zero-order chi connectivity index (χ0) is 23.5. The second-order valence-corrected chi connectivity index (χ2v) is 15.2. The van der Waals surface area contributed by atoms with E-state index in [2.05, 4.69) is 43.3 Å². The van der Waals surface area contributed by atoms with E-state index in [9.17, 15) is 9.59 Å². The summed E-state index contributed by atoms with van der Waals surface area (Å²) < 4.78 is 17.8. The summed E-state index contributed by atoms with van der Waals surface area (Å²) in [7, 11) is -1.20. The monoisotopic (exact) mass is 499 g/mol. The van der Waals surface area contributed by atoms with Crippen molar-refractivity contribution in [1.29, 1.82) is 0 Å². The Morgan fingerprint density at radius 1 is 1.07 bits per heavy atom. The van der Waals surface area contributed by atoms with Crippen LogP contribution in [-0.2, 0) is 18.8 Å². The van der Waals surface area contributed by atoms with Crippen molar-refractivity contribution in [1.82, 2.24) is 5.06 Å². The summed E-state index contributed by atoms with van der Waals surface area (Å²) in [5, 5.41) is 0.968. The van der Waals surface area contributed by atoms with Gasteiger partial charge in [-0.05, 0) is 56.6 Å². The Hall–Kier alpha value is -1.64. The molecule has 0 fully saturated rings. The average Bonchev–Trinajstić information content (AvgIpc) is 2.59. The van der Waals surface area contributed by atoms with Crippen molar-refractivity contribution in [3.8, 4) is 0 Å². The Labute approximate surface area is 189 Å². The van der Waals surface area contributed by atoms with Gasteiger partial charge >= 0.3 is 12.1 Å². The summed E-state index contributed by atoms with van der Waals surface area (Å²) in [4.78, 5) is 25.7. The number of ether oxygens (including phenoxy) is 2. The molecular formula is C22H34BrNO5Si. The molecule has 0 heterocycles. The predicted octanol–water partition coefficient (Wildman–Crippen LogP) is 6.39. The molecule has 1 aromatic rings. The van der Waals surface area contributed by atoms with Crippen LogP contribution in [0.1, 0.15) is 53.1 Å². The molecule has 0 N–H and O–H groups in total. The predicted molar refractivity (Wildman–Crippen MR) is 124 cm³/mol. The molecule has 30 heavy (non-hydrogen) atoms. The molecule has 0 bridgehead atoms. The maximum Gasteiger partial charge on any atom is 0.434 e. The van der Waals surface area contributed by atoms with Gasteiger partial charge in [0.05, 0.1) is 12.7 Å². The third kappa shape index (κ3) is 6.96. The van der Waals surface area contributed by atoms with Crippen molar-refractivity contribution < 1.29 is 23.6 Å². The van der Waals surface area contributed by atoms with E-state index in [1.807, 2.05) is 25.2 Å². The maximum atomic E-state index is 13.3. The number of esters is 1. The topological polar surface area (TPSA) is 65.1 Å². The van der Waals surface area contributed by atoms with Crippen LogP contribution in [-0.4, -0.2) is 38.2 Å². The summed E-state index contributed by atoms with van der Waals surface area (Å²) in [5.74, 6) is -0.629. The molecule has 1 aromatic carbocycles. The minimum absolute atomic E-state index is 0.0735. The highest BCUT2D eigenvalue weighted by atomic mass is 79.9. The number of carbonyl (C=O) groups excluding carboxylic acids is 2. The smallest absolute Gasteiger partial charge is 0.434 e. The summed E-state index contributed by atoms with van der Waals surface area (Å²) in [5.41, 5.74) is -0.0224. The SMILES string of the molecule is C=C(C(=O)OC)[C@@H](c1ccc(Br)cc1)N(O[Si](C)(C)C(C)(C)C)C(=O)OC(C)(C)C. The molecule has 0 saturated carbocycles. The lowest BCUT2D eigenvalue weighted by Crippen LogP contribution is -2.51. The van der Waals surface area contributed by atoms with Crippen LogP contribution in [0.25, 0.3) is 0 Å². The molecule has 1 amide bonds. The van der Waals surface area contributed by atoms with Crippen molar-refractivity contribution in [3.05, 3.63) is 46.5 Å². The number of benzene rings is 1. The molecule has 0 aliphatic carbocycles. The van der Waals surface area contributed by atoms with Gasteiger partial charge in [0.15, 0.2) is 0 Å². The number of amides is 1. The lowest BCUT2D eigenvalue weighted by Gasteiger charge is -2.42. The van der Waals surface area contributed by atoms with E-state index in [-0.39, 0.29) is 10.6 Å². The molecule has 6 nitrogen and oxygen atoms in total. The first-order valence-electron chi connectivity index (χ1n) is 9.74. The molecule has 0 aromatic heterocycles. The Balaban J connectivity index is 3.60. The van der Waals surface area contributed by atoms with Crippen molar-refractivity contribution in [2.75, 3.05) is 7.11 Å². The second-order valence-electron chi connectivity index (χ2n) is 9.63. The van der Waals surface area contributed by atoms with E-state index >= 15 is 0 Å². The molecule has 0 unspecified atom stereocenters. The van der Waals surface area contributed by atoms with Crippen molar-refractivity contribution >= 4 is 36.3 Å². The van der Waals surface area contributed by atoms with Gasteiger partial charge in [0.2, 0.25) is 8.32 Å². The number of halogens is 1. The van der Waals surface area contributed by atoms with Crippen LogP contribution in [0.3, 0.4) is 0 Å². The Morgan fingerprint density at radius 3 is 1.97 bits per heavy atom. The van der Waals surface area contributed by atoms with Gasteiger partial charge in [-0.2, -0.15) is 5.06 Å². The number of carbonyl (C=O) groups is 2. The van der Waals surface area contributed by atoms with Crippen molar-refractivity contribution in [3.63, 3.8) is 0 Å². The number of methoxy groups -OCH3 is 1. The first-order chi connectivity index (χ1) is 13.5. The molecule has 0 saturated heterocycles. The molecule has 0 radical (unpaired) electrons. The van der Waals surface area contributed by atoms with Gasteiger partial charge in [0.1, 0.15) is 11.6 Å². The lowest BCUT2D eigenvalue weighted by atomic mass is 10.00. The summed E-state index contributed by atoms with van der Waals surface area (Å²) in [6.07, 6.45) is -0.690. The van der Waals surface area contributed by atoms with Crippen LogP contribution >= 0.6 is 15.9 Å². The summed E-state index contributed by atoms with van der Waals surface area (Å²) in [6.45, 7) is 19.5. The summed E-state index contributed by atoms with van der Waals surface area (Å²) >= 11 is 3.41. The lowest BCUT2D eigenvalue weighted by molar-refractivity contribution is -0.140. The van der Waals surface area contributed by atoms with Gasteiger partial charge in [0, 0.05) is 4.47 Å². The van der Waals surface area contributed by atoms with Gasteiger partial charge in [-0.1, -0.05) is 55.4 Å². The second kappa shape index (κ2) is 9.66. The zero-order valence-corrected chi connectivity index (χ0v) is 22.0. The molecular weight excluding hydrogens is 466 g/mol. The Kier molecular flexibility index (Phi) is 8.50. The highest BCUT2D eigenvalue weighted by molar-refractivity contribution is 9.10. The minimum atomic E-state index is -2.48. The molecule has 168 valence electrons. The largest absolute Gasteiger partial charge is 0.466 e. The number of hydrogen-bond donors (Lipinski definition) is 0. The van der Waals surface area contributed by atoms with Crippen LogP contribution in [0.15, 0.2) is 40.9 Å². The van der Waals surface area contributed by atoms with E-state index in [1.54, 1.807) is 32.9 Å². The fourth-order valence-electron chi connectivity index (χ4n) is 2.25. The van der Waals surface area contributed by atoms with E-state index in [1.165, 1.54) is 7.11 Å². The van der Waals surface area contributed by atoms with Crippen LogP contribution in [0, 0.1) is 0 Å². The Morgan fingerprint density at radius 2 is 1.57 bits per heavy atom. The van der Waals surface area contributed by atoms with Crippen LogP contribution in [0.5, 0.6) is 0 Å². The zero-order valence-electron chi connectivity index (χ0n) is 19.5. The van der Waals surface area contributed by atoms with Crippen LogP contribution in [0.2, 0.25) is 18.1 Å². The standard InChI is InChI=1S/C22H34BrNO5Si/c1-15(19(25)27-8)18(16-11-13-17(23)14-12-16)24(20(26)28-21(2,3)4)29-30(9,10)22(5,6)7/h11-14,18H,1H2,2-10H3/t18-/m0/s1. The molecule has 0 aliphatic rings. The highest BCUT2D eigenvalue weighted by Gasteiger charge is 2.45. The fraction of sp³-hybridized carbons (Fsp3) is 0.545. The third-order valence-electron chi connectivity index (χ3n) is 4.90. The maximum absolute atomic E-state index is 13.3. The number of hydrogen-bond acceptors (Lipinski definition) is 5. The van der Waals surface area contributed by atoms with E-state index in [0.717, 1.165) is 9.54 Å². The first-order valence-corrected chi connectivity index (χ1v) is 13.4. The van der Waals surface area contributed by atoms with E-state index in [4.69, 9.17) is 14.0 Å². The van der Waals surface area contributed by atoms with Crippen molar-refractivity contribution in [2.24, 2.45) is 0 Å².